The van der Waals surface area contributed by atoms with Crippen LogP contribution in [0.2, 0.25) is 10.0 Å². The van der Waals surface area contributed by atoms with Crippen molar-refractivity contribution >= 4 is 35.8 Å². The standard InChI is InChI=1S/C6H3Cl2FS/c7-4-1-3(9)2-5(10)6(4)8/h1-2,10H. The zero-order valence-corrected chi connectivity index (χ0v) is 7.14. The minimum Gasteiger partial charge on any atom is -0.207 e. The number of hydrogen-bond acceptors (Lipinski definition) is 1. The Hall–Kier alpha value is 0.0800. The predicted octanol–water partition coefficient (Wildman–Crippen LogP) is 3.42. The van der Waals surface area contributed by atoms with Gasteiger partial charge in [-0.15, -0.1) is 12.6 Å². The van der Waals surface area contributed by atoms with Crippen molar-refractivity contribution in [3.05, 3.63) is 28.0 Å². The lowest BCUT2D eigenvalue weighted by Crippen LogP contribution is -1.76. The van der Waals surface area contributed by atoms with Crippen LogP contribution < -0.4 is 0 Å². The Kier molecular flexibility index (Phi) is 2.45. The average Bonchev–Trinajstić information content (AvgIpc) is 1.82. The van der Waals surface area contributed by atoms with Crippen LogP contribution in [0.5, 0.6) is 0 Å². The Labute approximate surface area is 73.4 Å². The quantitative estimate of drug-likeness (QED) is 0.478. The summed E-state index contributed by atoms with van der Waals surface area (Å²) in [5, 5.41) is 0.470. The maximum absolute atomic E-state index is 12.4. The van der Waals surface area contributed by atoms with Crippen LogP contribution in [0.3, 0.4) is 0 Å². The van der Waals surface area contributed by atoms with Crippen LogP contribution in [-0.2, 0) is 0 Å². The molecule has 1 aromatic carbocycles. The maximum Gasteiger partial charge on any atom is 0.125 e. The lowest BCUT2D eigenvalue weighted by atomic mass is 10.3. The summed E-state index contributed by atoms with van der Waals surface area (Å²) in [6.45, 7) is 0. The molecule has 1 aromatic rings. The molecule has 0 atom stereocenters. The molecule has 54 valence electrons. The molecule has 0 heterocycles. The topological polar surface area (TPSA) is 0 Å². The molecule has 0 unspecified atom stereocenters. The van der Waals surface area contributed by atoms with Gasteiger partial charge in [0.1, 0.15) is 5.82 Å². The number of rotatable bonds is 0. The predicted molar refractivity (Wildman–Crippen MR) is 43.7 cm³/mol. The summed E-state index contributed by atoms with van der Waals surface area (Å²) in [6, 6.07) is 2.35. The van der Waals surface area contributed by atoms with Gasteiger partial charge in [0.15, 0.2) is 0 Å². The molecule has 0 aromatic heterocycles. The molecule has 0 saturated heterocycles. The minimum absolute atomic E-state index is 0.187. The molecule has 0 aliphatic heterocycles. The van der Waals surface area contributed by atoms with Gasteiger partial charge in [-0.05, 0) is 12.1 Å². The molecule has 0 fully saturated rings. The minimum atomic E-state index is -0.431. The normalized spacial score (nSPS) is 10.0. The summed E-state index contributed by atoms with van der Waals surface area (Å²) in [5.74, 6) is -0.431. The second-order valence-corrected chi connectivity index (χ2v) is 2.99. The van der Waals surface area contributed by atoms with Crippen molar-refractivity contribution in [3.8, 4) is 0 Å². The Bertz CT molecular complexity index is 239. The van der Waals surface area contributed by atoms with Crippen LogP contribution in [0.1, 0.15) is 0 Å². The fraction of sp³-hybridized carbons (Fsp3) is 0. The lowest BCUT2D eigenvalue weighted by molar-refractivity contribution is 0.624. The SMILES string of the molecule is Fc1cc(S)c(Cl)c(Cl)c1. The summed E-state index contributed by atoms with van der Waals surface area (Å²) in [5.41, 5.74) is 0. The van der Waals surface area contributed by atoms with Crippen molar-refractivity contribution in [2.75, 3.05) is 0 Å². The van der Waals surface area contributed by atoms with Gasteiger partial charge in [-0.25, -0.2) is 4.39 Å². The first-order valence-corrected chi connectivity index (χ1v) is 3.65. The highest BCUT2D eigenvalue weighted by Gasteiger charge is 2.03. The summed E-state index contributed by atoms with van der Waals surface area (Å²) < 4.78 is 12.4. The fourth-order valence-electron chi connectivity index (χ4n) is 0.542. The molecule has 0 nitrogen and oxygen atoms in total. The summed E-state index contributed by atoms with van der Waals surface area (Å²) in [4.78, 5) is 0.353. The van der Waals surface area contributed by atoms with Gasteiger partial charge in [0.2, 0.25) is 0 Å². The van der Waals surface area contributed by atoms with E-state index in [1.807, 2.05) is 0 Å². The Balaban J connectivity index is 3.31. The first-order valence-electron chi connectivity index (χ1n) is 2.45. The van der Waals surface area contributed by atoms with Gasteiger partial charge in [0, 0.05) is 4.90 Å². The van der Waals surface area contributed by atoms with E-state index in [9.17, 15) is 4.39 Å². The molecular weight excluding hydrogens is 194 g/mol. The molecule has 0 spiro atoms. The highest BCUT2D eigenvalue weighted by molar-refractivity contribution is 7.80. The average molecular weight is 197 g/mol. The Morgan fingerprint density at radius 1 is 1.30 bits per heavy atom. The van der Waals surface area contributed by atoms with E-state index in [1.165, 1.54) is 6.07 Å². The first kappa shape index (κ1) is 8.18. The molecule has 10 heavy (non-hydrogen) atoms. The largest absolute Gasteiger partial charge is 0.207 e. The molecule has 0 radical (unpaired) electrons. The smallest absolute Gasteiger partial charge is 0.125 e. The van der Waals surface area contributed by atoms with Crippen molar-refractivity contribution in [2.45, 2.75) is 4.90 Å². The van der Waals surface area contributed by atoms with E-state index >= 15 is 0 Å². The Morgan fingerprint density at radius 2 is 1.90 bits per heavy atom. The number of thiol groups is 1. The van der Waals surface area contributed by atoms with Crippen molar-refractivity contribution in [2.24, 2.45) is 0 Å². The zero-order valence-electron chi connectivity index (χ0n) is 4.74. The molecule has 4 heteroatoms. The Morgan fingerprint density at radius 3 is 2.40 bits per heavy atom. The molecule has 0 N–H and O–H groups in total. The molecule has 0 saturated carbocycles. The second kappa shape index (κ2) is 2.99. The van der Waals surface area contributed by atoms with Crippen molar-refractivity contribution in [1.29, 1.82) is 0 Å². The van der Waals surface area contributed by atoms with Gasteiger partial charge in [-0.2, -0.15) is 0 Å². The first-order chi connectivity index (χ1) is 4.61. The molecule has 0 bridgehead atoms. The van der Waals surface area contributed by atoms with Crippen LogP contribution in [0.4, 0.5) is 4.39 Å². The summed E-state index contributed by atoms with van der Waals surface area (Å²) >= 11 is 15.0. The highest BCUT2D eigenvalue weighted by atomic mass is 35.5. The maximum atomic E-state index is 12.4. The fourth-order valence-corrected chi connectivity index (χ4v) is 1.17. The van der Waals surface area contributed by atoms with Crippen molar-refractivity contribution < 1.29 is 4.39 Å². The lowest BCUT2D eigenvalue weighted by Gasteiger charge is -1.97. The van der Waals surface area contributed by atoms with Gasteiger partial charge in [-0.3, -0.25) is 0 Å². The van der Waals surface area contributed by atoms with Crippen LogP contribution in [0.25, 0.3) is 0 Å². The van der Waals surface area contributed by atoms with E-state index in [2.05, 4.69) is 12.6 Å². The third-order valence-electron chi connectivity index (χ3n) is 0.974. The molecule has 1 rings (SSSR count). The number of hydrogen-bond donors (Lipinski definition) is 1. The third kappa shape index (κ3) is 1.57. The highest BCUT2D eigenvalue weighted by Crippen LogP contribution is 2.29. The molecule has 0 aliphatic carbocycles. The van der Waals surface area contributed by atoms with E-state index in [4.69, 9.17) is 23.2 Å². The van der Waals surface area contributed by atoms with E-state index in [-0.39, 0.29) is 10.0 Å². The summed E-state index contributed by atoms with van der Waals surface area (Å²) in [7, 11) is 0. The van der Waals surface area contributed by atoms with Gasteiger partial charge in [0.25, 0.3) is 0 Å². The van der Waals surface area contributed by atoms with E-state index < -0.39 is 5.82 Å². The van der Waals surface area contributed by atoms with E-state index in [0.29, 0.717) is 4.90 Å². The monoisotopic (exact) mass is 196 g/mol. The van der Waals surface area contributed by atoms with Crippen LogP contribution in [-0.4, -0.2) is 0 Å². The molecule has 0 aliphatic rings. The number of benzene rings is 1. The molecular formula is C6H3Cl2FS. The van der Waals surface area contributed by atoms with E-state index in [0.717, 1.165) is 6.07 Å². The van der Waals surface area contributed by atoms with Gasteiger partial charge < -0.3 is 0 Å². The van der Waals surface area contributed by atoms with Gasteiger partial charge >= 0.3 is 0 Å². The number of halogens is 3. The van der Waals surface area contributed by atoms with Crippen LogP contribution in [0, 0.1) is 5.82 Å². The van der Waals surface area contributed by atoms with Gasteiger partial charge in [-0.1, -0.05) is 23.2 Å². The van der Waals surface area contributed by atoms with Crippen LogP contribution >= 0.6 is 35.8 Å². The van der Waals surface area contributed by atoms with Crippen LogP contribution in [0.15, 0.2) is 17.0 Å². The van der Waals surface area contributed by atoms with Crippen molar-refractivity contribution in [3.63, 3.8) is 0 Å². The van der Waals surface area contributed by atoms with Gasteiger partial charge in [0.05, 0.1) is 10.0 Å². The third-order valence-corrected chi connectivity index (χ3v) is 2.26. The van der Waals surface area contributed by atoms with E-state index in [1.54, 1.807) is 0 Å². The zero-order chi connectivity index (χ0) is 7.72. The summed E-state index contributed by atoms with van der Waals surface area (Å²) in [6.07, 6.45) is 0. The second-order valence-electron chi connectivity index (χ2n) is 1.72. The van der Waals surface area contributed by atoms with Crippen molar-refractivity contribution in [1.82, 2.24) is 0 Å². The molecule has 0 amide bonds.